The highest BCUT2D eigenvalue weighted by molar-refractivity contribution is 8.01. The lowest BCUT2D eigenvalue weighted by molar-refractivity contribution is -0.134. The van der Waals surface area contributed by atoms with Crippen molar-refractivity contribution in [2.75, 3.05) is 26.1 Å². The van der Waals surface area contributed by atoms with Gasteiger partial charge in [-0.25, -0.2) is 8.78 Å². The Bertz CT molecular complexity index is 1350. The Morgan fingerprint density at radius 3 is 2.28 bits per heavy atom. The number of carbonyl (C=O) groups is 1. The molecule has 2 unspecified atom stereocenters. The molecule has 1 aliphatic carbocycles. The number of nitrogens with zero attached hydrogens (tertiary/aromatic N) is 2. The molecule has 1 amide bonds. The molecule has 39 heavy (non-hydrogen) atoms. The van der Waals surface area contributed by atoms with Gasteiger partial charge in [0, 0.05) is 43.5 Å². The van der Waals surface area contributed by atoms with Crippen LogP contribution < -0.4 is 9.64 Å². The molecule has 4 nitrogen and oxygen atoms in total. The third kappa shape index (κ3) is 5.62. The summed E-state index contributed by atoms with van der Waals surface area (Å²) in [5, 5.41) is -1.74. The van der Waals surface area contributed by atoms with E-state index < -0.39 is 22.3 Å². The topological polar surface area (TPSA) is 32.8 Å². The van der Waals surface area contributed by atoms with Gasteiger partial charge in [-0.1, -0.05) is 37.5 Å². The average Bonchev–Trinajstić information content (AvgIpc) is 3.32. The molecule has 1 heterocycles. The monoisotopic (exact) mass is 570 g/mol. The van der Waals surface area contributed by atoms with Crippen LogP contribution in [-0.2, 0) is 11.3 Å². The number of ether oxygens (including phenoxy) is 1. The summed E-state index contributed by atoms with van der Waals surface area (Å²) in [6.07, 6.45) is 4.99. The quantitative estimate of drug-likeness (QED) is 0.271. The predicted molar refractivity (Wildman–Crippen MR) is 155 cm³/mol. The number of hydrogen-bond acceptors (Lipinski definition) is 4. The number of carbonyl (C=O) groups excluding carboxylic acids is 1. The number of benzene rings is 3. The molecule has 0 saturated heterocycles. The van der Waals surface area contributed by atoms with E-state index >= 15 is 0 Å². The highest BCUT2D eigenvalue weighted by Gasteiger charge is 2.44. The van der Waals surface area contributed by atoms with Crippen molar-refractivity contribution in [3.63, 3.8) is 0 Å². The van der Waals surface area contributed by atoms with Crippen molar-refractivity contribution in [3.8, 4) is 16.9 Å². The molecule has 3 aromatic carbocycles. The van der Waals surface area contributed by atoms with E-state index in [4.69, 9.17) is 16.3 Å². The highest BCUT2D eigenvalue weighted by atomic mass is 35.5. The van der Waals surface area contributed by atoms with Crippen LogP contribution in [-0.4, -0.2) is 43.3 Å². The molecule has 1 fully saturated rings. The van der Waals surface area contributed by atoms with Crippen LogP contribution in [0.4, 0.5) is 14.5 Å². The smallest absolute Gasteiger partial charge is 0.238 e. The molecule has 3 aromatic rings. The first-order valence-corrected chi connectivity index (χ1v) is 14.6. The van der Waals surface area contributed by atoms with Gasteiger partial charge in [0.25, 0.3) is 0 Å². The Morgan fingerprint density at radius 1 is 0.974 bits per heavy atom. The van der Waals surface area contributed by atoms with Crippen LogP contribution >= 0.6 is 23.4 Å². The van der Waals surface area contributed by atoms with Crippen LogP contribution in [0.25, 0.3) is 11.1 Å². The Balaban J connectivity index is 1.47. The number of halogens is 3. The maximum atomic E-state index is 14.6. The lowest BCUT2D eigenvalue weighted by Gasteiger charge is -2.36. The van der Waals surface area contributed by atoms with E-state index in [0.717, 1.165) is 78.4 Å². The zero-order valence-corrected chi connectivity index (χ0v) is 24.0. The third-order valence-electron chi connectivity index (χ3n) is 7.76. The summed E-state index contributed by atoms with van der Waals surface area (Å²) in [4.78, 5) is 18.2. The SMILES string of the molecule is COc1ccc(-c2ccc(N(C)C)cc2)cc1CN(C(=O)C1Sc2c(F)ccc(F)c2C1Cl)C1CCCCC1. The molecule has 0 N–H and O–H groups in total. The van der Waals surface area contributed by atoms with Gasteiger partial charge in [-0.3, -0.25) is 4.79 Å². The number of hydrogen-bond donors (Lipinski definition) is 0. The minimum Gasteiger partial charge on any atom is -0.496 e. The van der Waals surface area contributed by atoms with Crippen LogP contribution in [0.1, 0.15) is 48.6 Å². The van der Waals surface area contributed by atoms with Crippen molar-refractivity contribution in [1.82, 2.24) is 4.90 Å². The van der Waals surface area contributed by atoms with E-state index in [0.29, 0.717) is 12.3 Å². The summed E-state index contributed by atoms with van der Waals surface area (Å²) in [6, 6.07) is 16.5. The molecule has 0 bridgehead atoms. The summed E-state index contributed by atoms with van der Waals surface area (Å²) >= 11 is 7.70. The maximum absolute atomic E-state index is 14.6. The molecule has 1 aliphatic heterocycles. The first kappa shape index (κ1) is 27.8. The molecular weight excluding hydrogens is 538 g/mol. The second kappa shape index (κ2) is 11.8. The van der Waals surface area contributed by atoms with E-state index in [1.54, 1.807) is 7.11 Å². The van der Waals surface area contributed by atoms with E-state index in [1.807, 2.05) is 31.1 Å². The van der Waals surface area contributed by atoms with Gasteiger partial charge in [0.15, 0.2) is 0 Å². The number of thioether (sulfide) groups is 1. The van der Waals surface area contributed by atoms with Crippen LogP contribution in [0, 0.1) is 11.6 Å². The second-order valence-corrected chi connectivity index (χ2v) is 12.1. The molecule has 2 aliphatic rings. The van der Waals surface area contributed by atoms with Gasteiger partial charge in [0.1, 0.15) is 22.6 Å². The highest BCUT2D eigenvalue weighted by Crippen LogP contribution is 2.51. The average molecular weight is 571 g/mol. The Labute approximate surface area is 238 Å². The normalized spacial score (nSPS) is 19.0. The second-order valence-electron chi connectivity index (χ2n) is 10.4. The molecule has 0 spiro atoms. The number of rotatable bonds is 7. The number of fused-ring (bicyclic) bond motifs is 1. The molecule has 1 saturated carbocycles. The molecule has 8 heteroatoms. The Kier molecular flexibility index (Phi) is 8.38. The number of methoxy groups -OCH3 is 1. The summed E-state index contributed by atoms with van der Waals surface area (Å²) in [5.41, 5.74) is 4.17. The van der Waals surface area contributed by atoms with Gasteiger partial charge in [0.05, 0.1) is 17.4 Å². The fourth-order valence-electron chi connectivity index (χ4n) is 5.60. The van der Waals surface area contributed by atoms with Gasteiger partial charge in [-0.2, -0.15) is 0 Å². The Hall–Kier alpha value is -2.77. The molecule has 206 valence electrons. The fourth-order valence-corrected chi connectivity index (χ4v) is 7.42. The standard InChI is InChI=1S/C31H33ClF2N2O2S/c1-35(2)22-12-9-19(10-13-22)20-11-16-26(38-3)21(17-20)18-36(23-7-5-4-6-8-23)31(37)30-28(32)27-24(33)14-15-25(34)29(27)39-30/h9-17,23,28,30H,4-8,18H2,1-3H3. The van der Waals surface area contributed by atoms with Crippen LogP contribution in [0.5, 0.6) is 5.75 Å². The van der Waals surface area contributed by atoms with E-state index in [-0.39, 0.29) is 22.4 Å². The number of anilines is 1. The van der Waals surface area contributed by atoms with E-state index in [1.165, 1.54) is 0 Å². The van der Waals surface area contributed by atoms with Gasteiger partial charge in [-0.05, 0) is 60.4 Å². The number of amides is 1. The van der Waals surface area contributed by atoms with E-state index in [9.17, 15) is 13.6 Å². The van der Waals surface area contributed by atoms with Gasteiger partial charge in [0.2, 0.25) is 5.91 Å². The summed E-state index contributed by atoms with van der Waals surface area (Å²) < 4.78 is 34.9. The van der Waals surface area contributed by atoms with Crippen LogP contribution in [0.3, 0.4) is 0 Å². The minimum absolute atomic E-state index is 0.0295. The first-order valence-electron chi connectivity index (χ1n) is 13.3. The predicted octanol–water partition coefficient (Wildman–Crippen LogP) is 7.82. The van der Waals surface area contributed by atoms with Crippen molar-refractivity contribution in [3.05, 3.63) is 77.4 Å². The zero-order valence-electron chi connectivity index (χ0n) is 22.4. The minimum atomic E-state index is -0.942. The lowest BCUT2D eigenvalue weighted by Crippen LogP contribution is -2.45. The summed E-state index contributed by atoms with van der Waals surface area (Å²) in [5.74, 6) is -0.617. The zero-order chi connectivity index (χ0) is 27.7. The third-order valence-corrected chi connectivity index (χ3v) is 9.76. The van der Waals surface area contributed by atoms with Gasteiger partial charge in [-0.15, -0.1) is 23.4 Å². The number of alkyl halides is 1. The van der Waals surface area contributed by atoms with Crippen LogP contribution in [0.15, 0.2) is 59.5 Å². The van der Waals surface area contributed by atoms with Crippen molar-refractivity contribution in [1.29, 1.82) is 0 Å². The molecule has 2 atom stereocenters. The van der Waals surface area contributed by atoms with Crippen LogP contribution in [0.2, 0.25) is 0 Å². The van der Waals surface area contributed by atoms with Crippen molar-refractivity contribution in [2.24, 2.45) is 0 Å². The molecule has 0 aromatic heterocycles. The molecule has 5 rings (SSSR count). The fraction of sp³-hybridized carbons (Fsp3) is 0.387. The molecular formula is C31H33ClF2N2O2S. The summed E-state index contributed by atoms with van der Waals surface area (Å²) in [6.45, 7) is 0.332. The summed E-state index contributed by atoms with van der Waals surface area (Å²) in [7, 11) is 5.64. The van der Waals surface area contributed by atoms with Gasteiger partial charge < -0.3 is 14.5 Å². The largest absolute Gasteiger partial charge is 0.496 e. The van der Waals surface area contributed by atoms with Crippen molar-refractivity contribution < 1.29 is 18.3 Å². The lowest BCUT2D eigenvalue weighted by atomic mass is 9.93. The van der Waals surface area contributed by atoms with E-state index in [2.05, 4.69) is 35.2 Å². The maximum Gasteiger partial charge on any atom is 0.238 e. The first-order chi connectivity index (χ1) is 18.8. The van der Waals surface area contributed by atoms with Crippen molar-refractivity contribution >= 4 is 35.0 Å². The Morgan fingerprint density at radius 2 is 1.64 bits per heavy atom. The van der Waals surface area contributed by atoms with Crippen molar-refractivity contribution in [2.45, 2.75) is 60.2 Å². The van der Waals surface area contributed by atoms with Gasteiger partial charge >= 0.3 is 0 Å². The molecule has 0 radical (unpaired) electrons.